The fraction of sp³-hybridized carbons (Fsp3) is 0.476. The lowest BCUT2D eigenvalue weighted by Gasteiger charge is -2.32. The Balaban J connectivity index is 1.28. The molecule has 148 valence electrons. The molecule has 1 aromatic carbocycles. The predicted octanol–water partition coefficient (Wildman–Crippen LogP) is 3.43. The largest absolute Gasteiger partial charge is 0.372 e. The maximum Gasteiger partial charge on any atom is 0.229 e. The second kappa shape index (κ2) is 7.66. The number of rotatable bonds is 5. The molecular formula is C21H26N4O3. The van der Waals surface area contributed by atoms with Crippen molar-refractivity contribution in [1.82, 2.24) is 5.16 Å². The first-order valence-electron chi connectivity index (χ1n) is 9.89. The summed E-state index contributed by atoms with van der Waals surface area (Å²) in [6, 6.07) is 9.62. The number of hydrogen-bond acceptors (Lipinski definition) is 5. The average Bonchev–Trinajstić information content (AvgIpc) is 3.40. The van der Waals surface area contributed by atoms with Crippen LogP contribution in [0.15, 0.2) is 34.9 Å². The standard InChI is InChI=1S/C21H26N4O3/c1-13-7-9-25(10-8-13)16-5-3-15(4-6-16)22-20(26)17-12-18(17)21(27)23-19-11-14(2)28-24-19/h3-6,11,13,17-18H,7-10,12H2,1-2H3,(H,22,26)(H,23,24,27). The SMILES string of the molecule is Cc1cc(NC(=O)C2CC2C(=O)Nc2ccc(N3CCC(C)CC3)cc2)no1. The molecule has 1 saturated heterocycles. The summed E-state index contributed by atoms with van der Waals surface area (Å²) in [4.78, 5) is 27.0. The fourth-order valence-electron chi connectivity index (χ4n) is 3.68. The van der Waals surface area contributed by atoms with Crippen molar-refractivity contribution in [3.63, 3.8) is 0 Å². The minimum Gasteiger partial charge on any atom is -0.372 e. The van der Waals surface area contributed by atoms with Crippen LogP contribution >= 0.6 is 0 Å². The molecule has 1 aliphatic carbocycles. The second-order valence-electron chi connectivity index (χ2n) is 7.97. The van der Waals surface area contributed by atoms with Gasteiger partial charge < -0.3 is 20.1 Å². The van der Waals surface area contributed by atoms with Crippen LogP contribution in [-0.2, 0) is 9.59 Å². The molecule has 2 unspecified atom stereocenters. The van der Waals surface area contributed by atoms with Gasteiger partial charge in [0, 0.05) is 30.5 Å². The van der Waals surface area contributed by atoms with Crippen LogP contribution in [0.5, 0.6) is 0 Å². The third-order valence-corrected chi connectivity index (χ3v) is 5.63. The molecule has 2 N–H and O–H groups in total. The van der Waals surface area contributed by atoms with E-state index in [-0.39, 0.29) is 23.7 Å². The van der Waals surface area contributed by atoms with Gasteiger partial charge in [0.15, 0.2) is 5.82 Å². The minimum atomic E-state index is -0.313. The van der Waals surface area contributed by atoms with Gasteiger partial charge in [-0.05, 0) is 56.4 Å². The van der Waals surface area contributed by atoms with E-state index in [0.717, 1.165) is 24.7 Å². The molecule has 2 amide bonds. The number of carbonyl (C=O) groups excluding carboxylic acids is 2. The first kappa shape index (κ1) is 18.5. The zero-order valence-electron chi connectivity index (χ0n) is 16.3. The third-order valence-electron chi connectivity index (χ3n) is 5.63. The number of piperidine rings is 1. The van der Waals surface area contributed by atoms with Gasteiger partial charge in [-0.3, -0.25) is 9.59 Å². The number of aromatic nitrogens is 1. The van der Waals surface area contributed by atoms with E-state index in [4.69, 9.17) is 4.52 Å². The molecule has 0 radical (unpaired) electrons. The Bertz CT molecular complexity index is 853. The van der Waals surface area contributed by atoms with Gasteiger partial charge >= 0.3 is 0 Å². The topological polar surface area (TPSA) is 87.5 Å². The summed E-state index contributed by atoms with van der Waals surface area (Å²) in [5, 5.41) is 9.36. The Labute approximate surface area is 164 Å². The zero-order valence-corrected chi connectivity index (χ0v) is 16.3. The maximum absolute atomic E-state index is 12.4. The monoisotopic (exact) mass is 382 g/mol. The van der Waals surface area contributed by atoms with Crippen LogP contribution in [0.4, 0.5) is 17.2 Å². The molecule has 7 heteroatoms. The van der Waals surface area contributed by atoms with Crippen LogP contribution in [0.3, 0.4) is 0 Å². The Morgan fingerprint density at radius 1 is 1.07 bits per heavy atom. The van der Waals surface area contributed by atoms with E-state index in [1.165, 1.54) is 18.5 Å². The van der Waals surface area contributed by atoms with Gasteiger partial charge in [-0.15, -0.1) is 0 Å². The molecule has 2 aromatic rings. The first-order valence-corrected chi connectivity index (χ1v) is 9.89. The van der Waals surface area contributed by atoms with Gasteiger partial charge in [-0.1, -0.05) is 12.1 Å². The number of nitrogens with zero attached hydrogens (tertiary/aromatic N) is 2. The van der Waals surface area contributed by atoms with Gasteiger partial charge in [-0.25, -0.2) is 0 Å². The van der Waals surface area contributed by atoms with Crippen molar-refractivity contribution >= 4 is 29.0 Å². The van der Waals surface area contributed by atoms with Crippen molar-refractivity contribution in [1.29, 1.82) is 0 Å². The molecule has 0 spiro atoms. The molecule has 4 rings (SSSR count). The smallest absolute Gasteiger partial charge is 0.229 e. The van der Waals surface area contributed by atoms with Crippen LogP contribution in [0.1, 0.15) is 31.9 Å². The number of nitrogens with one attached hydrogen (secondary N) is 2. The highest BCUT2D eigenvalue weighted by Crippen LogP contribution is 2.40. The van der Waals surface area contributed by atoms with Gasteiger partial charge in [-0.2, -0.15) is 0 Å². The summed E-state index contributed by atoms with van der Waals surface area (Å²) in [5.74, 6) is 0.896. The number of anilines is 3. The minimum absolute atomic E-state index is 0.115. The molecule has 2 fully saturated rings. The van der Waals surface area contributed by atoms with E-state index < -0.39 is 0 Å². The Kier molecular flexibility index (Phi) is 5.07. The van der Waals surface area contributed by atoms with Crippen LogP contribution in [0.25, 0.3) is 0 Å². The summed E-state index contributed by atoms with van der Waals surface area (Å²) < 4.78 is 4.93. The molecule has 2 heterocycles. The zero-order chi connectivity index (χ0) is 19.7. The molecule has 7 nitrogen and oxygen atoms in total. The lowest BCUT2D eigenvalue weighted by atomic mass is 9.99. The van der Waals surface area contributed by atoms with Crippen LogP contribution in [0, 0.1) is 24.7 Å². The van der Waals surface area contributed by atoms with E-state index in [1.807, 2.05) is 12.1 Å². The van der Waals surface area contributed by atoms with Crippen molar-refractivity contribution in [2.45, 2.75) is 33.1 Å². The van der Waals surface area contributed by atoms with Crippen LogP contribution in [-0.4, -0.2) is 30.1 Å². The van der Waals surface area contributed by atoms with E-state index in [1.54, 1.807) is 13.0 Å². The van der Waals surface area contributed by atoms with E-state index in [0.29, 0.717) is 18.0 Å². The fourth-order valence-corrected chi connectivity index (χ4v) is 3.68. The summed E-state index contributed by atoms with van der Waals surface area (Å²) in [6.07, 6.45) is 2.99. The summed E-state index contributed by atoms with van der Waals surface area (Å²) >= 11 is 0. The Morgan fingerprint density at radius 3 is 2.32 bits per heavy atom. The number of aryl methyl sites for hydroxylation is 1. The van der Waals surface area contributed by atoms with Crippen molar-refractivity contribution in [3.8, 4) is 0 Å². The van der Waals surface area contributed by atoms with Crippen molar-refractivity contribution < 1.29 is 14.1 Å². The Morgan fingerprint density at radius 2 is 1.71 bits per heavy atom. The molecule has 28 heavy (non-hydrogen) atoms. The third kappa shape index (κ3) is 4.18. The summed E-state index contributed by atoms with van der Waals surface area (Å²) in [6.45, 7) is 6.22. The second-order valence-corrected chi connectivity index (χ2v) is 7.97. The molecule has 0 bridgehead atoms. The molecule has 1 aliphatic heterocycles. The van der Waals surface area contributed by atoms with E-state index in [2.05, 4.69) is 39.7 Å². The lowest BCUT2D eigenvalue weighted by molar-refractivity contribution is -0.122. The quantitative estimate of drug-likeness (QED) is 0.827. The molecule has 1 aromatic heterocycles. The van der Waals surface area contributed by atoms with Crippen molar-refractivity contribution in [2.24, 2.45) is 17.8 Å². The Hall–Kier alpha value is -2.83. The van der Waals surface area contributed by atoms with Crippen molar-refractivity contribution in [2.75, 3.05) is 28.6 Å². The number of carbonyl (C=O) groups is 2. The number of benzene rings is 1. The normalized spacial score (nSPS) is 22.0. The van der Waals surface area contributed by atoms with Gasteiger partial charge in [0.1, 0.15) is 5.76 Å². The molecule has 2 atom stereocenters. The van der Waals surface area contributed by atoms with Crippen molar-refractivity contribution in [3.05, 3.63) is 36.1 Å². The summed E-state index contributed by atoms with van der Waals surface area (Å²) in [7, 11) is 0. The average molecular weight is 382 g/mol. The lowest BCUT2D eigenvalue weighted by Crippen LogP contribution is -2.32. The highest BCUT2D eigenvalue weighted by Gasteiger charge is 2.48. The molecule has 2 aliphatic rings. The predicted molar refractivity (Wildman–Crippen MR) is 107 cm³/mol. The summed E-state index contributed by atoms with van der Waals surface area (Å²) in [5.41, 5.74) is 1.95. The van der Waals surface area contributed by atoms with E-state index in [9.17, 15) is 9.59 Å². The van der Waals surface area contributed by atoms with Gasteiger partial charge in [0.2, 0.25) is 11.8 Å². The molecule has 1 saturated carbocycles. The number of hydrogen-bond donors (Lipinski definition) is 2. The highest BCUT2D eigenvalue weighted by atomic mass is 16.5. The van der Waals surface area contributed by atoms with Crippen LogP contribution in [0.2, 0.25) is 0 Å². The maximum atomic E-state index is 12.4. The van der Waals surface area contributed by atoms with Gasteiger partial charge in [0.25, 0.3) is 0 Å². The van der Waals surface area contributed by atoms with Crippen LogP contribution < -0.4 is 15.5 Å². The highest BCUT2D eigenvalue weighted by molar-refractivity contribution is 6.03. The molecular weight excluding hydrogens is 356 g/mol. The number of amides is 2. The first-order chi connectivity index (χ1) is 13.5. The van der Waals surface area contributed by atoms with Gasteiger partial charge in [0.05, 0.1) is 11.8 Å². The van der Waals surface area contributed by atoms with E-state index >= 15 is 0 Å².